The molecule has 1 aromatic rings. The van der Waals surface area contributed by atoms with Gasteiger partial charge >= 0.3 is 0 Å². The maximum atomic E-state index is 8.90. The second-order valence-corrected chi connectivity index (χ2v) is 5.82. The summed E-state index contributed by atoms with van der Waals surface area (Å²) < 4.78 is 0. The Morgan fingerprint density at radius 3 is 2.37 bits per heavy atom. The van der Waals surface area contributed by atoms with Crippen LogP contribution in [0.4, 0.5) is 5.69 Å². The molecule has 1 aliphatic rings. The van der Waals surface area contributed by atoms with Crippen molar-refractivity contribution in [1.82, 2.24) is 0 Å². The summed E-state index contributed by atoms with van der Waals surface area (Å²) in [7, 11) is 0. The third-order valence-electron chi connectivity index (χ3n) is 4.27. The Bertz CT molecular complexity index is 352. The van der Waals surface area contributed by atoms with Crippen LogP contribution in [0.25, 0.3) is 0 Å². The van der Waals surface area contributed by atoms with Gasteiger partial charge in [0.15, 0.2) is 0 Å². The fourth-order valence-electron chi connectivity index (χ4n) is 3.14. The van der Waals surface area contributed by atoms with Gasteiger partial charge in [-0.25, -0.2) is 0 Å². The van der Waals surface area contributed by atoms with Gasteiger partial charge in [-0.2, -0.15) is 0 Å². The van der Waals surface area contributed by atoms with Gasteiger partial charge in [0, 0.05) is 18.3 Å². The SMILES string of the molecule is CCCC1CCC(Nc2ccc(CCO)cc2)CC1. The fraction of sp³-hybridized carbons (Fsp3) is 0.647. The molecule has 0 aliphatic heterocycles. The van der Waals surface area contributed by atoms with Crippen LogP contribution in [0.15, 0.2) is 24.3 Å². The molecule has 2 N–H and O–H groups in total. The highest BCUT2D eigenvalue weighted by atomic mass is 16.2. The smallest absolute Gasteiger partial charge is 0.0471 e. The van der Waals surface area contributed by atoms with Crippen molar-refractivity contribution in [3.8, 4) is 0 Å². The fourth-order valence-corrected chi connectivity index (χ4v) is 3.14. The van der Waals surface area contributed by atoms with Crippen LogP contribution in [0.5, 0.6) is 0 Å². The van der Waals surface area contributed by atoms with Crippen molar-refractivity contribution < 1.29 is 5.11 Å². The van der Waals surface area contributed by atoms with Crippen LogP contribution in [0, 0.1) is 5.92 Å². The van der Waals surface area contributed by atoms with Gasteiger partial charge in [-0.1, -0.05) is 31.9 Å². The Balaban J connectivity index is 1.78. The van der Waals surface area contributed by atoms with Gasteiger partial charge in [0.1, 0.15) is 0 Å². The summed E-state index contributed by atoms with van der Waals surface area (Å²) in [4.78, 5) is 0. The van der Waals surface area contributed by atoms with Crippen molar-refractivity contribution in [3.05, 3.63) is 29.8 Å². The minimum absolute atomic E-state index is 0.230. The minimum Gasteiger partial charge on any atom is -0.396 e. The normalized spacial score (nSPS) is 23.3. The molecule has 2 rings (SSSR count). The Kier molecular flexibility index (Phi) is 5.71. The molecule has 0 aromatic heterocycles. The van der Waals surface area contributed by atoms with Crippen LogP contribution >= 0.6 is 0 Å². The first-order valence-corrected chi connectivity index (χ1v) is 7.78. The van der Waals surface area contributed by atoms with E-state index in [9.17, 15) is 0 Å². The lowest BCUT2D eigenvalue weighted by Crippen LogP contribution is -2.26. The zero-order chi connectivity index (χ0) is 13.5. The van der Waals surface area contributed by atoms with Gasteiger partial charge in [0.25, 0.3) is 0 Å². The molecule has 0 unspecified atom stereocenters. The third-order valence-corrected chi connectivity index (χ3v) is 4.27. The highest BCUT2D eigenvalue weighted by molar-refractivity contribution is 5.45. The molecular formula is C17H27NO. The largest absolute Gasteiger partial charge is 0.396 e. The van der Waals surface area contributed by atoms with Crippen molar-refractivity contribution in [2.24, 2.45) is 5.92 Å². The van der Waals surface area contributed by atoms with Crippen molar-refractivity contribution in [2.75, 3.05) is 11.9 Å². The van der Waals surface area contributed by atoms with E-state index < -0.39 is 0 Å². The molecule has 0 amide bonds. The molecule has 1 aromatic carbocycles. The molecule has 1 fully saturated rings. The molecule has 2 heteroatoms. The van der Waals surface area contributed by atoms with E-state index in [0.717, 1.165) is 12.3 Å². The Morgan fingerprint density at radius 2 is 1.79 bits per heavy atom. The molecule has 1 saturated carbocycles. The first-order valence-electron chi connectivity index (χ1n) is 7.78. The van der Waals surface area contributed by atoms with E-state index in [0.29, 0.717) is 6.04 Å². The van der Waals surface area contributed by atoms with Crippen LogP contribution in [0.1, 0.15) is 51.0 Å². The van der Waals surface area contributed by atoms with Gasteiger partial charge in [0.05, 0.1) is 0 Å². The van der Waals surface area contributed by atoms with Gasteiger partial charge < -0.3 is 10.4 Å². The predicted octanol–water partition coefficient (Wildman–Crippen LogP) is 3.99. The third kappa shape index (κ3) is 4.54. The minimum atomic E-state index is 0.230. The average molecular weight is 261 g/mol. The van der Waals surface area contributed by atoms with Gasteiger partial charge in [0.2, 0.25) is 0 Å². The number of nitrogens with one attached hydrogen (secondary N) is 1. The second-order valence-electron chi connectivity index (χ2n) is 5.82. The summed E-state index contributed by atoms with van der Waals surface area (Å²) >= 11 is 0. The topological polar surface area (TPSA) is 32.3 Å². The Morgan fingerprint density at radius 1 is 1.11 bits per heavy atom. The molecule has 2 nitrogen and oxygen atoms in total. The van der Waals surface area contributed by atoms with Crippen LogP contribution in [-0.2, 0) is 6.42 Å². The van der Waals surface area contributed by atoms with Gasteiger partial charge in [-0.3, -0.25) is 0 Å². The summed E-state index contributed by atoms with van der Waals surface area (Å²) in [5.41, 5.74) is 2.43. The van der Waals surface area contributed by atoms with Gasteiger partial charge in [-0.15, -0.1) is 0 Å². The molecule has 0 saturated heterocycles. The average Bonchev–Trinajstić information content (AvgIpc) is 2.44. The van der Waals surface area contributed by atoms with Crippen LogP contribution < -0.4 is 5.32 Å². The highest BCUT2D eigenvalue weighted by Gasteiger charge is 2.20. The summed E-state index contributed by atoms with van der Waals surface area (Å²) in [5, 5.41) is 12.6. The van der Waals surface area contributed by atoms with Crippen molar-refractivity contribution in [3.63, 3.8) is 0 Å². The molecule has 0 atom stereocenters. The Labute approximate surface area is 117 Å². The first-order chi connectivity index (χ1) is 9.31. The van der Waals surface area contributed by atoms with E-state index >= 15 is 0 Å². The van der Waals surface area contributed by atoms with E-state index in [1.807, 2.05) is 0 Å². The van der Waals surface area contributed by atoms with Crippen molar-refractivity contribution in [2.45, 2.75) is 57.9 Å². The predicted molar refractivity (Wildman–Crippen MR) is 81.5 cm³/mol. The maximum absolute atomic E-state index is 8.90. The highest BCUT2D eigenvalue weighted by Crippen LogP contribution is 2.29. The van der Waals surface area contributed by atoms with E-state index in [4.69, 9.17) is 5.11 Å². The summed E-state index contributed by atoms with van der Waals surface area (Å²) in [6.07, 6.45) is 8.87. The summed E-state index contributed by atoms with van der Waals surface area (Å²) in [6.45, 7) is 2.52. The lowest BCUT2D eigenvalue weighted by atomic mass is 9.83. The zero-order valence-electron chi connectivity index (χ0n) is 12.1. The first kappa shape index (κ1) is 14.4. The van der Waals surface area contributed by atoms with E-state index in [1.165, 1.54) is 49.8 Å². The quantitative estimate of drug-likeness (QED) is 0.811. The van der Waals surface area contributed by atoms with Crippen molar-refractivity contribution >= 4 is 5.69 Å². The molecule has 0 radical (unpaired) electrons. The standard InChI is InChI=1S/C17H27NO/c1-2-3-14-4-8-16(9-5-14)18-17-10-6-15(7-11-17)12-13-19/h6-7,10-11,14,16,18-19H,2-5,8-9,12-13H2,1H3. The van der Waals surface area contributed by atoms with E-state index in [-0.39, 0.29) is 6.61 Å². The number of benzene rings is 1. The summed E-state index contributed by atoms with van der Waals surface area (Å²) in [6, 6.07) is 9.16. The maximum Gasteiger partial charge on any atom is 0.0471 e. The monoisotopic (exact) mass is 261 g/mol. The van der Waals surface area contributed by atoms with Crippen LogP contribution in [0.2, 0.25) is 0 Å². The number of anilines is 1. The Hall–Kier alpha value is -1.02. The van der Waals surface area contributed by atoms with E-state index in [1.54, 1.807) is 0 Å². The molecule has 0 bridgehead atoms. The van der Waals surface area contributed by atoms with E-state index in [2.05, 4.69) is 36.5 Å². The number of hydrogen-bond donors (Lipinski definition) is 2. The molecule has 1 aliphatic carbocycles. The molecule has 106 valence electrons. The number of rotatable bonds is 6. The lowest BCUT2D eigenvalue weighted by molar-refractivity contribution is 0.299. The number of aliphatic hydroxyl groups is 1. The van der Waals surface area contributed by atoms with Crippen molar-refractivity contribution in [1.29, 1.82) is 0 Å². The lowest BCUT2D eigenvalue weighted by Gasteiger charge is -2.29. The molecule has 0 heterocycles. The zero-order valence-corrected chi connectivity index (χ0v) is 12.1. The second kappa shape index (κ2) is 7.54. The molecule has 0 spiro atoms. The molecular weight excluding hydrogens is 234 g/mol. The van der Waals surface area contributed by atoms with Crippen LogP contribution in [0.3, 0.4) is 0 Å². The number of hydrogen-bond acceptors (Lipinski definition) is 2. The molecule has 19 heavy (non-hydrogen) atoms. The summed E-state index contributed by atoms with van der Waals surface area (Å²) in [5.74, 6) is 0.968. The van der Waals surface area contributed by atoms with Crippen LogP contribution in [-0.4, -0.2) is 17.8 Å². The number of aliphatic hydroxyl groups excluding tert-OH is 1. The van der Waals surface area contributed by atoms with Gasteiger partial charge in [-0.05, 0) is 55.7 Å².